The summed E-state index contributed by atoms with van der Waals surface area (Å²) < 4.78 is 24.9. The van der Waals surface area contributed by atoms with Crippen LogP contribution in [0.15, 0.2) is 59.2 Å². The van der Waals surface area contributed by atoms with Crippen molar-refractivity contribution in [3.05, 3.63) is 65.9 Å². The van der Waals surface area contributed by atoms with Crippen molar-refractivity contribution in [2.24, 2.45) is 17.3 Å². The van der Waals surface area contributed by atoms with Crippen LogP contribution in [0.2, 0.25) is 0 Å². The molecule has 1 aliphatic heterocycles. The highest BCUT2D eigenvalue weighted by Gasteiger charge is 2.68. The fraction of sp³-hybridized carbons (Fsp3) is 0.500. The van der Waals surface area contributed by atoms with Gasteiger partial charge in [-0.15, -0.1) is 0 Å². The number of amides is 1. The first-order valence-corrected chi connectivity index (χ1v) is 13.5. The summed E-state index contributed by atoms with van der Waals surface area (Å²) in [7, 11) is -0.513. The van der Waals surface area contributed by atoms with Crippen molar-refractivity contribution in [2.75, 3.05) is 6.61 Å². The van der Waals surface area contributed by atoms with E-state index >= 15 is 0 Å². The number of furan rings is 1. The molecule has 0 spiro atoms. The second-order valence-corrected chi connectivity index (χ2v) is 11.9. The summed E-state index contributed by atoms with van der Waals surface area (Å²) in [6, 6.07) is 15.8. The molecule has 37 heavy (non-hydrogen) atoms. The van der Waals surface area contributed by atoms with E-state index in [1.807, 2.05) is 49.4 Å². The van der Waals surface area contributed by atoms with E-state index in [9.17, 15) is 4.79 Å². The molecule has 194 valence electrons. The van der Waals surface area contributed by atoms with Gasteiger partial charge in [0.05, 0.1) is 36.9 Å². The van der Waals surface area contributed by atoms with Gasteiger partial charge in [-0.2, -0.15) is 0 Å². The maximum Gasteiger partial charge on any atom is 0.482 e. The lowest BCUT2D eigenvalue weighted by Gasteiger charge is -2.64. The number of hydrogen-bond donors (Lipinski definition) is 1. The van der Waals surface area contributed by atoms with E-state index in [-0.39, 0.29) is 35.4 Å². The van der Waals surface area contributed by atoms with E-state index in [1.54, 1.807) is 6.26 Å². The van der Waals surface area contributed by atoms with Gasteiger partial charge < -0.3 is 23.8 Å². The summed E-state index contributed by atoms with van der Waals surface area (Å²) in [5.74, 6) is 1.48. The lowest BCUT2D eigenvalue weighted by molar-refractivity contribution is -0.199. The second-order valence-electron chi connectivity index (χ2n) is 11.9. The van der Waals surface area contributed by atoms with Crippen molar-refractivity contribution in [3.63, 3.8) is 0 Å². The Bertz CT molecular complexity index is 1290. The van der Waals surface area contributed by atoms with Crippen molar-refractivity contribution >= 4 is 24.0 Å². The topological polar surface area (TPSA) is 69.9 Å². The Hall–Kier alpha value is -2.77. The number of benzene rings is 2. The highest BCUT2D eigenvalue weighted by molar-refractivity contribution is 6.48. The minimum Gasteiger partial charge on any atom is -0.493 e. The third-order valence-electron chi connectivity index (χ3n) is 9.26. The molecule has 4 aliphatic rings. The number of hydrogen-bond acceptors (Lipinski definition) is 5. The molecule has 7 heteroatoms. The molecule has 7 rings (SSSR count). The molecule has 4 fully saturated rings. The Labute approximate surface area is 219 Å². The van der Waals surface area contributed by atoms with E-state index < -0.39 is 7.12 Å². The molecule has 3 aliphatic carbocycles. The van der Waals surface area contributed by atoms with Crippen LogP contribution in [0.3, 0.4) is 0 Å². The Morgan fingerprint density at radius 3 is 2.70 bits per heavy atom. The first-order valence-electron chi connectivity index (χ1n) is 13.5. The average molecular weight is 501 g/mol. The van der Waals surface area contributed by atoms with E-state index in [1.165, 1.54) is 12.0 Å². The molecule has 2 heterocycles. The number of ether oxygens (including phenoxy) is 1. The molecule has 1 amide bonds. The summed E-state index contributed by atoms with van der Waals surface area (Å²) in [6.45, 7) is 9.26. The summed E-state index contributed by atoms with van der Waals surface area (Å²) in [5, 5.41) is 4.27. The molecule has 1 saturated heterocycles. The third-order valence-corrected chi connectivity index (χ3v) is 9.26. The van der Waals surface area contributed by atoms with Crippen molar-refractivity contribution in [1.29, 1.82) is 0 Å². The van der Waals surface area contributed by atoms with E-state index in [2.05, 4.69) is 32.2 Å². The second kappa shape index (κ2) is 9.21. The summed E-state index contributed by atoms with van der Waals surface area (Å²) in [4.78, 5) is 13.1. The number of carbonyl (C=O) groups is 1. The van der Waals surface area contributed by atoms with Gasteiger partial charge in [0.2, 0.25) is 5.91 Å². The number of rotatable bonds is 8. The third kappa shape index (κ3) is 4.36. The molecular weight excluding hydrogens is 465 g/mol. The molecule has 3 saturated carbocycles. The predicted molar refractivity (Wildman–Crippen MR) is 143 cm³/mol. The van der Waals surface area contributed by atoms with Crippen LogP contribution < -0.4 is 10.1 Å². The van der Waals surface area contributed by atoms with Crippen molar-refractivity contribution in [2.45, 2.75) is 71.0 Å². The molecule has 2 bridgehead atoms. The molecule has 3 aromatic rings. The number of fused-ring (bicyclic) bond motifs is 1. The zero-order valence-corrected chi connectivity index (χ0v) is 22.2. The average Bonchev–Trinajstić information content (AvgIpc) is 3.45. The van der Waals surface area contributed by atoms with Gasteiger partial charge in [0.1, 0.15) is 11.3 Å². The molecule has 2 aromatic carbocycles. The zero-order valence-electron chi connectivity index (χ0n) is 22.2. The summed E-state index contributed by atoms with van der Waals surface area (Å²) in [6.07, 6.45) is 4.86. The molecule has 5 atom stereocenters. The molecule has 4 unspecified atom stereocenters. The molecule has 1 aromatic heterocycles. The van der Waals surface area contributed by atoms with Gasteiger partial charge in [-0.05, 0) is 74.1 Å². The van der Waals surface area contributed by atoms with E-state index in [4.69, 9.17) is 18.5 Å². The van der Waals surface area contributed by atoms with Crippen molar-refractivity contribution in [3.8, 4) is 5.75 Å². The number of para-hydroxylation sites is 1. The Morgan fingerprint density at radius 2 is 1.92 bits per heavy atom. The SMILES string of the molecule is Cc1ccc(OCCC(=O)NC(Cc2coc3ccccc23)B2OC3CC4CC(C4(C)C)[C@]3(C)O2)cc1. The standard InChI is InChI=1S/C30H36BNO5/c1-19-9-11-22(12-10-19)34-14-13-28(33)32-27(15-20-18-35-24-8-6-5-7-23(20)24)31-36-26-17-21-16-25(29(21,2)3)30(26,4)37-31/h5-12,18,21,25-27H,13-17H2,1-4H3,(H,32,33)/t21?,25?,26?,27?,30-/m0/s1. The minimum absolute atomic E-state index is 0.0552. The van der Waals surface area contributed by atoms with Crippen LogP contribution in [-0.4, -0.2) is 37.3 Å². The highest BCUT2D eigenvalue weighted by atomic mass is 16.7. The van der Waals surface area contributed by atoms with Crippen LogP contribution in [0, 0.1) is 24.2 Å². The van der Waals surface area contributed by atoms with Gasteiger partial charge >= 0.3 is 7.12 Å². The normalized spacial score (nSPS) is 28.4. The number of carbonyl (C=O) groups excluding carboxylic acids is 1. The zero-order chi connectivity index (χ0) is 25.8. The van der Waals surface area contributed by atoms with Gasteiger partial charge in [0.25, 0.3) is 0 Å². The quantitative estimate of drug-likeness (QED) is 0.413. The maximum absolute atomic E-state index is 13.1. The van der Waals surface area contributed by atoms with Crippen LogP contribution in [0.1, 0.15) is 51.2 Å². The Kier molecular flexibility index (Phi) is 6.11. The largest absolute Gasteiger partial charge is 0.493 e. The summed E-state index contributed by atoms with van der Waals surface area (Å²) >= 11 is 0. The maximum atomic E-state index is 13.1. The summed E-state index contributed by atoms with van der Waals surface area (Å²) in [5.41, 5.74) is 2.97. The predicted octanol–water partition coefficient (Wildman–Crippen LogP) is 5.51. The van der Waals surface area contributed by atoms with Gasteiger partial charge in [0, 0.05) is 5.39 Å². The minimum atomic E-state index is -0.513. The molecule has 1 N–H and O–H groups in total. The fourth-order valence-electron chi connectivity index (χ4n) is 6.89. The Morgan fingerprint density at radius 1 is 1.14 bits per heavy atom. The monoisotopic (exact) mass is 501 g/mol. The van der Waals surface area contributed by atoms with Crippen LogP contribution >= 0.6 is 0 Å². The molecule has 0 radical (unpaired) electrons. The number of nitrogens with one attached hydrogen (secondary N) is 1. The first kappa shape index (κ1) is 24.6. The van der Waals surface area contributed by atoms with Crippen molar-refractivity contribution in [1.82, 2.24) is 5.32 Å². The van der Waals surface area contributed by atoms with Gasteiger partial charge in [-0.1, -0.05) is 49.7 Å². The molecule has 6 nitrogen and oxygen atoms in total. The Balaban J connectivity index is 1.17. The molecular formula is C30H36BNO5. The van der Waals surface area contributed by atoms with Crippen LogP contribution in [0.25, 0.3) is 11.0 Å². The van der Waals surface area contributed by atoms with Crippen LogP contribution in [0.5, 0.6) is 5.75 Å². The first-order chi connectivity index (χ1) is 17.7. The lowest BCUT2D eigenvalue weighted by Crippen LogP contribution is -2.65. The van der Waals surface area contributed by atoms with Crippen LogP contribution in [-0.2, 0) is 20.5 Å². The highest BCUT2D eigenvalue weighted by Crippen LogP contribution is 2.65. The van der Waals surface area contributed by atoms with Gasteiger partial charge in [-0.25, -0.2) is 0 Å². The van der Waals surface area contributed by atoms with E-state index in [0.29, 0.717) is 24.9 Å². The van der Waals surface area contributed by atoms with E-state index in [0.717, 1.165) is 28.7 Å². The smallest absolute Gasteiger partial charge is 0.482 e. The lowest BCUT2D eigenvalue weighted by atomic mass is 9.43. The number of aryl methyl sites for hydroxylation is 1. The van der Waals surface area contributed by atoms with Crippen molar-refractivity contribution < 1.29 is 23.3 Å². The van der Waals surface area contributed by atoms with Gasteiger partial charge in [-0.3, -0.25) is 4.79 Å². The fourth-order valence-corrected chi connectivity index (χ4v) is 6.89. The van der Waals surface area contributed by atoms with Crippen LogP contribution in [0.4, 0.5) is 0 Å². The van der Waals surface area contributed by atoms with Gasteiger partial charge in [0.15, 0.2) is 0 Å².